The van der Waals surface area contributed by atoms with E-state index in [4.69, 9.17) is 28.4 Å². The third-order valence-electron chi connectivity index (χ3n) is 7.53. The number of nitrogens with zero attached hydrogens (tertiary/aromatic N) is 2. The fourth-order valence-corrected chi connectivity index (χ4v) is 8.96. The highest BCUT2D eigenvalue weighted by Gasteiger charge is 2.52. The van der Waals surface area contributed by atoms with Gasteiger partial charge < -0.3 is 43.2 Å². The van der Waals surface area contributed by atoms with Crippen LogP contribution in [0.3, 0.4) is 0 Å². The summed E-state index contributed by atoms with van der Waals surface area (Å²) in [5.41, 5.74) is 0. The lowest BCUT2D eigenvalue weighted by molar-refractivity contribution is -0.769. The van der Waals surface area contributed by atoms with Gasteiger partial charge in [0.25, 0.3) is 10.2 Å². The van der Waals surface area contributed by atoms with Crippen molar-refractivity contribution in [2.24, 2.45) is 0 Å². The number of nitrogens with one attached hydrogen (secondary N) is 1. The van der Waals surface area contributed by atoms with Gasteiger partial charge in [-0.15, -0.1) is 20.2 Å². The van der Waals surface area contributed by atoms with Crippen molar-refractivity contribution < 1.29 is 63.0 Å². The van der Waals surface area contributed by atoms with Gasteiger partial charge in [-0.25, -0.2) is 0 Å². The summed E-state index contributed by atoms with van der Waals surface area (Å²) in [6.45, 7) is 2.15. The molecule has 0 saturated carbocycles. The number of rotatable bonds is 7. The summed E-state index contributed by atoms with van der Waals surface area (Å²) in [6, 6.07) is 0. The highest BCUT2D eigenvalue weighted by Crippen LogP contribution is 2.45. The van der Waals surface area contributed by atoms with Crippen molar-refractivity contribution in [1.82, 2.24) is 5.32 Å². The van der Waals surface area contributed by atoms with E-state index in [-0.39, 0.29) is 71.3 Å². The van der Waals surface area contributed by atoms with E-state index in [2.05, 4.69) is 27.6 Å². The van der Waals surface area contributed by atoms with E-state index >= 15 is 0 Å². The molecule has 7 aliphatic heterocycles. The third kappa shape index (κ3) is 7.94. The van der Waals surface area contributed by atoms with Crippen LogP contribution in [0.5, 0.6) is 0 Å². The van der Waals surface area contributed by atoms with Crippen molar-refractivity contribution in [1.29, 1.82) is 0 Å². The Kier molecular flexibility index (Phi) is 11.1. The van der Waals surface area contributed by atoms with Gasteiger partial charge in [0.15, 0.2) is 12.2 Å². The second-order valence-electron chi connectivity index (χ2n) is 10.4. The maximum Gasteiger partial charge on any atom is 0.294 e. The minimum Gasteiger partial charge on any atom is -0.388 e. The summed E-state index contributed by atoms with van der Waals surface area (Å²) in [7, 11) is 3.27. The summed E-state index contributed by atoms with van der Waals surface area (Å²) in [6.07, 6.45) is -2.49. The van der Waals surface area contributed by atoms with Crippen LogP contribution in [0.4, 0.5) is 0 Å². The average Bonchev–Trinajstić information content (AvgIpc) is 3.78. The largest absolute Gasteiger partial charge is 0.388 e. The van der Waals surface area contributed by atoms with Crippen LogP contribution in [-0.2, 0) is 47.7 Å². The van der Waals surface area contributed by atoms with Gasteiger partial charge in [-0.05, 0) is 0 Å². The Hall–Kier alpha value is -1.69. The van der Waals surface area contributed by atoms with Crippen molar-refractivity contribution in [3.8, 4) is 0 Å². The zero-order valence-electron chi connectivity index (χ0n) is 22.4. The van der Waals surface area contributed by atoms with Gasteiger partial charge in [0.1, 0.15) is 36.6 Å². The maximum atomic E-state index is 10.5. The molecule has 242 valence electrons. The van der Waals surface area contributed by atoms with Crippen LogP contribution in [0.1, 0.15) is 12.8 Å². The molecule has 2 N–H and O–H groups in total. The molecule has 0 aromatic heterocycles. The Morgan fingerprint density at radius 2 is 1.14 bits per heavy atom. The van der Waals surface area contributed by atoms with Crippen LogP contribution in [0.15, 0.2) is 0 Å². The van der Waals surface area contributed by atoms with E-state index in [0.717, 1.165) is 0 Å². The number of carbonyl (C=O) groups is 2. The molecule has 43 heavy (non-hydrogen) atoms. The highest BCUT2D eigenvalue weighted by atomic mass is 33.1. The standard InChI is InChI=1S/C12H17NO8S2.C6H9NO5S.C4H5NO2/c14-5-1-17-11-7(3-19-9(5)11)22-23-8-4-20-10-6(21-13(15)16)2-18-12(8)10;8-7(9)12-3-1-10-6-4(13)2-11-5(3)6;6-3-1-2-4(7)5-3/h5-12,14H,1-4H2;3-6,13H,1-2H2;1-2H2,(H,5,6,7)/t5-,6-,7+,8+,9?,10?,11?,12?;3-,4+,5?,6?;/m11./s1. The number of fused-ring (bicyclic) bond motifs is 3. The average molecular weight is 674 g/mol. The molecular weight excluding hydrogens is 642 g/mol. The lowest BCUT2D eigenvalue weighted by Gasteiger charge is -2.19. The van der Waals surface area contributed by atoms with Gasteiger partial charge in [-0.3, -0.25) is 14.9 Å². The van der Waals surface area contributed by atoms with E-state index in [9.17, 15) is 34.9 Å². The molecular formula is C22H31N3O15S3. The van der Waals surface area contributed by atoms with Gasteiger partial charge in [0, 0.05) is 12.8 Å². The Balaban J connectivity index is 0.000000154. The maximum absolute atomic E-state index is 10.5. The number of thiol groups is 1. The molecule has 7 rings (SSSR count). The van der Waals surface area contributed by atoms with E-state index < -0.39 is 34.6 Å². The normalized spacial score (nSPS) is 42.2. The third-order valence-corrected chi connectivity index (χ3v) is 11.2. The van der Waals surface area contributed by atoms with Crippen molar-refractivity contribution in [3.05, 3.63) is 20.2 Å². The van der Waals surface area contributed by atoms with E-state index in [1.54, 1.807) is 21.6 Å². The number of hydrogen-bond acceptors (Lipinski definition) is 18. The number of hydrogen-bond donors (Lipinski definition) is 3. The van der Waals surface area contributed by atoms with Crippen LogP contribution < -0.4 is 5.32 Å². The monoisotopic (exact) mass is 673 g/mol. The molecule has 21 heteroatoms. The second kappa shape index (κ2) is 14.6. The number of aliphatic hydroxyl groups excluding tert-OH is 1. The van der Waals surface area contributed by atoms with Crippen molar-refractivity contribution in [3.63, 3.8) is 0 Å². The molecule has 0 spiro atoms. The van der Waals surface area contributed by atoms with Gasteiger partial charge in [0.2, 0.25) is 11.8 Å². The molecule has 7 fully saturated rings. The topological polar surface area (TPSA) is 227 Å². The van der Waals surface area contributed by atoms with E-state index in [1.807, 2.05) is 0 Å². The van der Waals surface area contributed by atoms with E-state index in [0.29, 0.717) is 39.3 Å². The Morgan fingerprint density at radius 3 is 1.67 bits per heavy atom. The van der Waals surface area contributed by atoms with E-state index in [1.165, 1.54) is 0 Å². The molecule has 7 heterocycles. The summed E-state index contributed by atoms with van der Waals surface area (Å²) in [4.78, 5) is 49.8. The van der Waals surface area contributed by atoms with Crippen LogP contribution >= 0.6 is 34.2 Å². The van der Waals surface area contributed by atoms with Crippen molar-refractivity contribution in [2.45, 2.75) is 83.5 Å². The molecule has 0 bridgehead atoms. The molecule has 0 radical (unpaired) electrons. The summed E-state index contributed by atoms with van der Waals surface area (Å²) < 4.78 is 33.0. The zero-order chi connectivity index (χ0) is 30.7. The quantitative estimate of drug-likeness (QED) is 0.0940. The fourth-order valence-electron chi connectivity index (χ4n) is 5.53. The first-order chi connectivity index (χ1) is 20.6. The fraction of sp³-hybridized carbons (Fsp3) is 0.909. The van der Waals surface area contributed by atoms with Gasteiger partial charge >= 0.3 is 0 Å². The molecule has 12 atom stereocenters. The summed E-state index contributed by atoms with van der Waals surface area (Å²) in [5, 5.41) is 31.0. The molecule has 0 aromatic rings. The van der Waals surface area contributed by atoms with Gasteiger partial charge in [-0.1, -0.05) is 21.6 Å². The number of imide groups is 1. The summed E-state index contributed by atoms with van der Waals surface area (Å²) in [5.74, 6) is -0.296. The number of aliphatic hydroxyl groups is 1. The first-order valence-corrected chi connectivity index (χ1v) is 16.2. The smallest absolute Gasteiger partial charge is 0.294 e. The first-order valence-electron chi connectivity index (χ1n) is 13.4. The van der Waals surface area contributed by atoms with Crippen LogP contribution in [-0.4, -0.2) is 137 Å². The minimum atomic E-state index is -0.814. The van der Waals surface area contributed by atoms with Gasteiger partial charge in [0.05, 0.1) is 61.5 Å². The molecule has 6 unspecified atom stereocenters. The molecule has 18 nitrogen and oxygen atoms in total. The molecule has 7 aliphatic rings. The lowest BCUT2D eigenvalue weighted by atomic mass is 10.1. The molecule has 2 amide bonds. The SMILES string of the molecule is O=C1CCC(=O)N1.O=[N+]([O-])O[C@@H]1COC2C1OC[C@@H]2S.O=[N+]([O-])O[C@@H]1COC2C1OC[C@@H]2SS[C@H]1COC2C1OC[C@H]2O. The zero-order valence-corrected chi connectivity index (χ0v) is 24.9. The van der Waals surface area contributed by atoms with Gasteiger partial charge in [-0.2, -0.15) is 12.6 Å². The van der Waals surface area contributed by atoms with Crippen molar-refractivity contribution in [2.75, 3.05) is 39.6 Å². The highest BCUT2D eigenvalue weighted by molar-refractivity contribution is 8.77. The van der Waals surface area contributed by atoms with Crippen LogP contribution in [0.2, 0.25) is 0 Å². The Labute approximate surface area is 257 Å². The van der Waals surface area contributed by atoms with Crippen LogP contribution in [0.25, 0.3) is 0 Å². The number of amides is 2. The minimum absolute atomic E-state index is 0.00893. The molecule has 7 saturated heterocycles. The Bertz CT molecular complexity index is 1030. The molecule has 0 aromatic carbocycles. The number of ether oxygens (including phenoxy) is 6. The van der Waals surface area contributed by atoms with Crippen LogP contribution in [0, 0.1) is 20.2 Å². The predicted octanol–water partition coefficient (Wildman–Crippen LogP) is -1.28. The molecule has 0 aliphatic carbocycles. The lowest BCUT2D eigenvalue weighted by Crippen LogP contribution is -2.33. The first kappa shape index (κ1) is 32.7. The number of carbonyl (C=O) groups excluding carboxylic acids is 2. The summed E-state index contributed by atoms with van der Waals surface area (Å²) >= 11 is 4.22. The predicted molar refractivity (Wildman–Crippen MR) is 146 cm³/mol. The Morgan fingerprint density at radius 1 is 0.698 bits per heavy atom. The second-order valence-corrected chi connectivity index (χ2v) is 13.8. The van der Waals surface area contributed by atoms with Crippen molar-refractivity contribution >= 4 is 46.0 Å².